The van der Waals surface area contributed by atoms with E-state index in [2.05, 4.69) is 10.6 Å². The number of urea groups is 1. The summed E-state index contributed by atoms with van der Waals surface area (Å²) in [6, 6.07) is 14.0. The molecule has 114 valence electrons. The molecule has 0 aliphatic carbocycles. The minimum atomic E-state index is -0.277. The van der Waals surface area contributed by atoms with Crippen LogP contribution in [0.2, 0.25) is 0 Å². The van der Waals surface area contributed by atoms with Crippen molar-refractivity contribution in [2.45, 2.75) is 13.3 Å². The van der Waals surface area contributed by atoms with Crippen molar-refractivity contribution < 1.29 is 9.18 Å². The molecular formula is C18H19FN2O. The van der Waals surface area contributed by atoms with E-state index in [0.29, 0.717) is 13.0 Å². The van der Waals surface area contributed by atoms with E-state index in [-0.39, 0.29) is 11.8 Å². The number of carbonyl (C=O) groups excluding carboxylic acids is 1. The third kappa shape index (κ3) is 5.05. The first-order chi connectivity index (χ1) is 10.6. The van der Waals surface area contributed by atoms with Crippen LogP contribution < -0.4 is 10.6 Å². The van der Waals surface area contributed by atoms with E-state index in [1.54, 1.807) is 12.3 Å². The molecule has 0 unspecified atom stereocenters. The van der Waals surface area contributed by atoms with Crippen LogP contribution in [0, 0.1) is 12.7 Å². The lowest BCUT2D eigenvalue weighted by atomic mass is 10.1. The maximum absolute atomic E-state index is 13.0. The van der Waals surface area contributed by atoms with Gasteiger partial charge in [0.25, 0.3) is 0 Å². The molecule has 0 radical (unpaired) electrons. The summed E-state index contributed by atoms with van der Waals surface area (Å²) in [5.74, 6) is -0.261. The third-order valence-corrected chi connectivity index (χ3v) is 3.25. The van der Waals surface area contributed by atoms with Crippen LogP contribution >= 0.6 is 0 Å². The average Bonchev–Trinajstić information content (AvgIpc) is 2.49. The van der Waals surface area contributed by atoms with Crippen LogP contribution in [0.25, 0.3) is 6.08 Å². The molecule has 0 bridgehead atoms. The highest BCUT2D eigenvalue weighted by molar-refractivity contribution is 5.76. The quantitative estimate of drug-likeness (QED) is 0.869. The summed E-state index contributed by atoms with van der Waals surface area (Å²) in [5, 5.41) is 5.38. The van der Waals surface area contributed by atoms with Gasteiger partial charge >= 0.3 is 6.03 Å². The number of nitrogens with one attached hydrogen (secondary N) is 2. The van der Waals surface area contributed by atoms with Crippen molar-refractivity contribution in [1.82, 2.24) is 10.6 Å². The second-order valence-corrected chi connectivity index (χ2v) is 4.97. The van der Waals surface area contributed by atoms with Crippen LogP contribution in [0.1, 0.15) is 16.7 Å². The minimum Gasteiger partial charge on any atom is -0.338 e. The van der Waals surface area contributed by atoms with E-state index in [1.807, 2.05) is 43.3 Å². The maximum atomic E-state index is 13.0. The highest BCUT2D eigenvalue weighted by Crippen LogP contribution is 2.08. The number of halogens is 1. The Labute approximate surface area is 129 Å². The van der Waals surface area contributed by atoms with Crippen molar-refractivity contribution in [3.05, 3.63) is 77.2 Å². The molecule has 0 aliphatic rings. The van der Waals surface area contributed by atoms with Crippen molar-refractivity contribution in [3.8, 4) is 0 Å². The lowest BCUT2D eigenvalue weighted by Crippen LogP contribution is -2.33. The summed E-state index contributed by atoms with van der Waals surface area (Å²) in [5.41, 5.74) is 3.06. The summed E-state index contributed by atoms with van der Waals surface area (Å²) in [6.45, 7) is 2.46. The Bertz CT molecular complexity index is 668. The number of hydrogen-bond acceptors (Lipinski definition) is 1. The Hall–Kier alpha value is -2.62. The van der Waals surface area contributed by atoms with Gasteiger partial charge in [-0.3, -0.25) is 0 Å². The summed E-state index contributed by atoms with van der Waals surface area (Å²) < 4.78 is 13.0. The highest BCUT2D eigenvalue weighted by atomic mass is 19.1. The Morgan fingerprint density at radius 2 is 2.00 bits per heavy atom. The maximum Gasteiger partial charge on any atom is 0.318 e. The lowest BCUT2D eigenvalue weighted by molar-refractivity contribution is 0.244. The zero-order valence-electron chi connectivity index (χ0n) is 12.5. The van der Waals surface area contributed by atoms with Crippen LogP contribution in [0.15, 0.2) is 54.7 Å². The first-order valence-corrected chi connectivity index (χ1v) is 7.16. The van der Waals surface area contributed by atoms with Gasteiger partial charge in [-0.1, -0.05) is 36.4 Å². The number of amides is 2. The van der Waals surface area contributed by atoms with Crippen molar-refractivity contribution in [2.75, 3.05) is 6.54 Å². The third-order valence-electron chi connectivity index (χ3n) is 3.25. The second kappa shape index (κ2) is 7.98. The average molecular weight is 298 g/mol. The highest BCUT2D eigenvalue weighted by Gasteiger charge is 1.99. The van der Waals surface area contributed by atoms with Gasteiger partial charge in [-0.05, 0) is 48.2 Å². The van der Waals surface area contributed by atoms with Gasteiger partial charge in [-0.15, -0.1) is 0 Å². The Balaban J connectivity index is 1.73. The van der Waals surface area contributed by atoms with E-state index < -0.39 is 0 Å². The van der Waals surface area contributed by atoms with E-state index in [9.17, 15) is 9.18 Å². The predicted molar refractivity (Wildman–Crippen MR) is 86.9 cm³/mol. The van der Waals surface area contributed by atoms with Crippen molar-refractivity contribution >= 4 is 12.1 Å². The fraction of sp³-hybridized carbons (Fsp3) is 0.167. The van der Waals surface area contributed by atoms with Crippen molar-refractivity contribution in [3.63, 3.8) is 0 Å². The zero-order chi connectivity index (χ0) is 15.8. The predicted octanol–water partition coefficient (Wildman–Crippen LogP) is 3.65. The molecule has 2 amide bonds. The molecule has 0 fully saturated rings. The number of carbonyl (C=O) groups is 1. The van der Waals surface area contributed by atoms with Gasteiger partial charge in [0.1, 0.15) is 5.82 Å². The van der Waals surface area contributed by atoms with Gasteiger partial charge in [-0.25, -0.2) is 9.18 Å². The van der Waals surface area contributed by atoms with Crippen LogP contribution in [0.4, 0.5) is 9.18 Å². The monoisotopic (exact) mass is 298 g/mol. The zero-order valence-corrected chi connectivity index (χ0v) is 12.5. The molecule has 22 heavy (non-hydrogen) atoms. The Morgan fingerprint density at radius 1 is 1.18 bits per heavy atom. The summed E-state index contributed by atoms with van der Waals surface area (Å²) in [4.78, 5) is 11.6. The van der Waals surface area contributed by atoms with Crippen LogP contribution in [-0.2, 0) is 6.42 Å². The summed E-state index contributed by atoms with van der Waals surface area (Å²) in [7, 11) is 0. The number of rotatable bonds is 5. The first kappa shape index (κ1) is 15.8. The molecule has 2 aromatic rings. The summed E-state index contributed by atoms with van der Waals surface area (Å²) >= 11 is 0. The largest absolute Gasteiger partial charge is 0.338 e. The number of aryl methyl sites for hydroxylation is 1. The topological polar surface area (TPSA) is 41.1 Å². The first-order valence-electron chi connectivity index (χ1n) is 7.16. The SMILES string of the molecule is Cc1ccccc1/C=C/NC(=O)NCCc1cccc(F)c1. The minimum absolute atomic E-state index is 0.261. The second-order valence-electron chi connectivity index (χ2n) is 4.97. The molecule has 2 aromatic carbocycles. The molecule has 2 N–H and O–H groups in total. The van der Waals surface area contributed by atoms with Crippen LogP contribution in [-0.4, -0.2) is 12.6 Å². The number of benzene rings is 2. The lowest BCUT2D eigenvalue weighted by Gasteiger charge is -2.05. The van der Waals surface area contributed by atoms with Gasteiger partial charge in [0.05, 0.1) is 0 Å². The fourth-order valence-electron chi connectivity index (χ4n) is 2.04. The number of hydrogen-bond donors (Lipinski definition) is 2. The molecule has 0 spiro atoms. The molecule has 0 aliphatic heterocycles. The van der Waals surface area contributed by atoms with Gasteiger partial charge in [0.15, 0.2) is 0 Å². The summed E-state index contributed by atoms with van der Waals surface area (Å²) in [6.07, 6.45) is 4.05. The molecule has 2 rings (SSSR count). The van der Waals surface area contributed by atoms with Crippen LogP contribution in [0.3, 0.4) is 0 Å². The molecule has 0 saturated carbocycles. The van der Waals surface area contributed by atoms with Crippen LogP contribution in [0.5, 0.6) is 0 Å². The standard InChI is InChI=1S/C18H19FN2O/c1-14-5-2-3-7-16(14)10-12-21-18(22)20-11-9-15-6-4-8-17(19)13-15/h2-8,10,12-13H,9,11H2,1H3,(H2,20,21,22)/b12-10+. The molecule has 3 nitrogen and oxygen atoms in total. The fourth-order valence-corrected chi connectivity index (χ4v) is 2.04. The van der Waals surface area contributed by atoms with E-state index in [1.165, 1.54) is 12.1 Å². The molecular weight excluding hydrogens is 279 g/mol. The Kier molecular flexibility index (Phi) is 5.72. The Morgan fingerprint density at radius 3 is 2.77 bits per heavy atom. The smallest absolute Gasteiger partial charge is 0.318 e. The van der Waals surface area contributed by atoms with Crippen molar-refractivity contribution in [1.29, 1.82) is 0 Å². The van der Waals surface area contributed by atoms with Crippen molar-refractivity contribution in [2.24, 2.45) is 0 Å². The van der Waals surface area contributed by atoms with E-state index in [0.717, 1.165) is 16.7 Å². The molecule has 0 saturated heterocycles. The molecule has 0 aromatic heterocycles. The molecule has 4 heteroatoms. The molecule has 0 heterocycles. The van der Waals surface area contributed by atoms with E-state index in [4.69, 9.17) is 0 Å². The normalized spacial score (nSPS) is 10.6. The van der Waals surface area contributed by atoms with E-state index >= 15 is 0 Å². The van der Waals surface area contributed by atoms with Gasteiger partial charge in [-0.2, -0.15) is 0 Å². The molecule has 0 atom stereocenters. The van der Waals surface area contributed by atoms with Gasteiger partial charge in [0.2, 0.25) is 0 Å². The van der Waals surface area contributed by atoms with Gasteiger partial charge < -0.3 is 10.6 Å². The van der Waals surface area contributed by atoms with Gasteiger partial charge in [0, 0.05) is 12.7 Å².